The van der Waals surface area contributed by atoms with Gasteiger partial charge in [-0.3, -0.25) is 14.7 Å². The molecule has 122 valence electrons. The summed E-state index contributed by atoms with van der Waals surface area (Å²) in [6.45, 7) is 3.84. The Hall–Kier alpha value is -1.72. The van der Waals surface area contributed by atoms with Gasteiger partial charge in [0.05, 0.1) is 10.9 Å². The zero-order valence-electron chi connectivity index (χ0n) is 13.7. The van der Waals surface area contributed by atoms with Gasteiger partial charge in [0.2, 0.25) is 0 Å². The Morgan fingerprint density at radius 1 is 1.35 bits per heavy atom. The second kappa shape index (κ2) is 5.73. The summed E-state index contributed by atoms with van der Waals surface area (Å²) in [6, 6.07) is 1.91. The SMILES string of the molecule is Cn1cc(CN2CCNCC23CCCC3)c(=O)c2cnccc21. The van der Waals surface area contributed by atoms with Gasteiger partial charge in [0.1, 0.15) is 0 Å². The summed E-state index contributed by atoms with van der Waals surface area (Å²) in [4.78, 5) is 19.5. The van der Waals surface area contributed by atoms with Crippen LogP contribution in [0.3, 0.4) is 0 Å². The highest BCUT2D eigenvalue weighted by atomic mass is 16.1. The Morgan fingerprint density at radius 3 is 3.00 bits per heavy atom. The summed E-state index contributed by atoms with van der Waals surface area (Å²) in [5.74, 6) is 0. The second-order valence-corrected chi connectivity index (χ2v) is 7.02. The van der Waals surface area contributed by atoms with Crippen LogP contribution in [0.5, 0.6) is 0 Å². The maximum absolute atomic E-state index is 12.9. The molecule has 5 nitrogen and oxygen atoms in total. The van der Waals surface area contributed by atoms with Crippen molar-refractivity contribution in [2.24, 2.45) is 7.05 Å². The summed E-state index contributed by atoms with van der Waals surface area (Å²) in [5, 5.41) is 4.28. The Bertz CT molecular complexity index is 776. The van der Waals surface area contributed by atoms with E-state index >= 15 is 0 Å². The van der Waals surface area contributed by atoms with Crippen molar-refractivity contribution >= 4 is 10.9 Å². The maximum atomic E-state index is 12.9. The quantitative estimate of drug-likeness (QED) is 0.916. The molecular weight excluding hydrogens is 288 g/mol. The van der Waals surface area contributed by atoms with Crippen molar-refractivity contribution in [1.82, 2.24) is 19.8 Å². The molecule has 23 heavy (non-hydrogen) atoms. The van der Waals surface area contributed by atoms with Crippen molar-refractivity contribution in [3.63, 3.8) is 0 Å². The molecule has 2 aromatic rings. The summed E-state index contributed by atoms with van der Waals surface area (Å²) in [6.07, 6.45) is 10.5. The van der Waals surface area contributed by atoms with Gasteiger partial charge < -0.3 is 9.88 Å². The van der Waals surface area contributed by atoms with Crippen molar-refractivity contribution in [1.29, 1.82) is 0 Å². The van der Waals surface area contributed by atoms with Crippen LogP contribution in [0.25, 0.3) is 10.9 Å². The lowest BCUT2D eigenvalue weighted by Gasteiger charge is -2.45. The molecule has 2 aliphatic rings. The third-order valence-corrected chi connectivity index (χ3v) is 5.64. The Kier molecular flexibility index (Phi) is 3.70. The van der Waals surface area contributed by atoms with Crippen molar-refractivity contribution in [2.45, 2.75) is 37.8 Å². The normalized spacial score (nSPS) is 21.3. The van der Waals surface area contributed by atoms with Crippen LogP contribution in [0.15, 0.2) is 29.5 Å². The van der Waals surface area contributed by atoms with E-state index in [4.69, 9.17) is 0 Å². The van der Waals surface area contributed by atoms with E-state index in [-0.39, 0.29) is 11.0 Å². The summed E-state index contributed by atoms with van der Waals surface area (Å²) < 4.78 is 2.05. The highest BCUT2D eigenvalue weighted by Crippen LogP contribution is 2.36. The van der Waals surface area contributed by atoms with Crippen LogP contribution in [-0.2, 0) is 13.6 Å². The average Bonchev–Trinajstić information content (AvgIpc) is 3.04. The first kappa shape index (κ1) is 14.8. The predicted octanol–water partition coefficient (Wildman–Crippen LogP) is 1.65. The number of rotatable bonds is 2. The van der Waals surface area contributed by atoms with Gasteiger partial charge in [-0.15, -0.1) is 0 Å². The molecule has 1 saturated carbocycles. The number of nitrogens with zero attached hydrogens (tertiary/aromatic N) is 3. The van der Waals surface area contributed by atoms with Crippen molar-refractivity contribution in [3.05, 3.63) is 40.4 Å². The van der Waals surface area contributed by atoms with E-state index in [1.54, 1.807) is 12.4 Å². The topological polar surface area (TPSA) is 50.2 Å². The molecule has 0 atom stereocenters. The number of nitrogens with one attached hydrogen (secondary N) is 1. The van der Waals surface area contributed by atoms with Gasteiger partial charge >= 0.3 is 0 Å². The van der Waals surface area contributed by atoms with E-state index in [2.05, 4.69) is 19.8 Å². The van der Waals surface area contributed by atoms with E-state index in [0.717, 1.165) is 42.6 Å². The molecule has 2 fully saturated rings. The monoisotopic (exact) mass is 312 g/mol. The lowest BCUT2D eigenvalue weighted by atomic mass is 9.92. The average molecular weight is 312 g/mol. The number of aryl methyl sites for hydroxylation is 1. The molecule has 1 aliphatic heterocycles. The zero-order valence-corrected chi connectivity index (χ0v) is 13.7. The Labute approximate surface area is 136 Å². The van der Waals surface area contributed by atoms with Crippen LogP contribution in [0.4, 0.5) is 0 Å². The Morgan fingerprint density at radius 2 is 2.17 bits per heavy atom. The fourth-order valence-electron chi connectivity index (χ4n) is 4.38. The predicted molar refractivity (Wildman–Crippen MR) is 91.5 cm³/mol. The number of hydrogen-bond acceptors (Lipinski definition) is 4. The van der Waals surface area contributed by atoms with Crippen LogP contribution in [0.2, 0.25) is 0 Å². The standard InChI is InChI=1S/C18H24N4O/c1-21-11-14(17(23)15-10-19-7-4-16(15)21)12-22-9-8-20-13-18(22)5-2-3-6-18/h4,7,10-11,20H,2-3,5-6,8-9,12-13H2,1H3. The Balaban J connectivity index is 1.72. The van der Waals surface area contributed by atoms with Gasteiger partial charge in [0, 0.05) is 62.9 Å². The van der Waals surface area contributed by atoms with Crippen LogP contribution in [-0.4, -0.2) is 39.6 Å². The molecule has 1 spiro atoms. The minimum absolute atomic E-state index is 0.137. The smallest absolute Gasteiger partial charge is 0.195 e. The molecule has 1 aliphatic carbocycles. The molecule has 4 rings (SSSR count). The van der Waals surface area contributed by atoms with E-state index in [0.29, 0.717) is 0 Å². The van der Waals surface area contributed by atoms with Gasteiger partial charge in [-0.1, -0.05) is 12.8 Å². The van der Waals surface area contributed by atoms with E-state index in [9.17, 15) is 4.79 Å². The lowest BCUT2D eigenvalue weighted by molar-refractivity contribution is 0.0569. The van der Waals surface area contributed by atoms with E-state index < -0.39 is 0 Å². The van der Waals surface area contributed by atoms with Crippen molar-refractivity contribution in [3.8, 4) is 0 Å². The van der Waals surface area contributed by atoms with E-state index in [1.807, 2.05) is 19.3 Å². The molecular formula is C18H24N4O. The first-order valence-corrected chi connectivity index (χ1v) is 8.58. The molecule has 0 radical (unpaired) electrons. The maximum Gasteiger partial charge on any atom is 0.195 e. The van der Waals surface area contributed by atoms with Gasteiger partial charge in [-0.2, -0.15) is 0 Å². The molecule has 0 amide bonds. The first-order valence-electron chi connectivity index (χ1n) is 8.58. The lowest BCUT2D eigenvalue weighted by Crippen LogP contribution is -2.59. The highest BCUT2D eigenvalue weighted by Gasteiger charge is 2.41. The molecule has 2 aromatic heterocycles. The number of aromatic nitrogens is 2. The number of fused-ring (bicyclic) bond motifs is 1. The van der Waals surface area contributed by atoms with Crippen molar-refractivity contribution < 1.29 is 0 Å². The third kappa shape index (κ3) is 2.48. The number of hydrogen-bond donors (Lipinski definition) is 1. The largest absolute Gasteiger partial charge is 0.350 e. The molecule has 3 heterocycles. The van der Waals surface area contributed by atoms with Gasteiger partial charge in [-0.25, -0.2) is 0 Å². The van der Waals surface area contributed by atoms with Crippen LogP contribution in [0.1, 0.15) is 31.2 Å². The molecule has 1 N–H and O–H groups in total. The third-order valence-electron chi connectivity index (χ3n) is 5.64. The minimum atomic E-state index is 0.137. The van der Waals surface area contributed by atoms with Crippen LogP contribution >= 0.6 is 0 Å². The summed E-state index contributed by atoms with van der Waals surface area (Å²) in [7, 11) is 2.01. The summed E-state index contributed by atoms with van der Waals surface area (Å²) >= 11 is 0. The number of piperazine rings is 1. The zero-order chi connectivity index (χ0) is 15.9. The first-order chi connectivity index (χ1) is 11.2. The fourth-order valence-corrected chi connectivity index (χ4v) is 4.38. The molecule has 5 heteroatoms. The van der Waals surface area contributed by atoms with Crippen LogP contribution in [0, 0.1) is 0 Å². The molecule has 0 bridgehead atoms. The van der Waals surface area contributed by atoms with Gasteiger partial charge in [0.25, 0.3) is 0 Å². The minimum Gasteiger partial charge on any atom is -0.350 e. The van der Waals surface area contributed by atoms with Crippen molar-refractivity contribution in [2.75, 3.05) is 19.6 Å². The highest BCUT2D eigenvalue weighted by molar-refractivity contribution is 5.78. The van der Waals surface area contributed by atoms with Gasteiger partial charge in [0.15, 0.2) is 5.43 Å². The molecule has 1 saturated heterocycles. The molecule has 0 unspecified atom stereocenters. The second-order valence-electron chi connectivity index (χ2n) is 7.02. The summed E-state index contributed by atoms with van der Waals surface area (Å²) in [5.41, 5.74) is 2.23. The molecule has 0 aromatic carbocycles. The van der Waals surface area contributed by atoms with Gasteiger partial charge in [-0.05, 0) is 18.9 Å². The fraction of sp³-hybridized carbons (Fsp3) is 0.556. The van der Waals surface area contributed by atoms with Crippen LogP contribution < -0.4 is 10.7 Å². The number of pyridine rings is 2. The van der Waals surface area contributed by atoms with E-state index in [1.165, 1.54) is 25.7 Å².